The smallest absolute Gasteiger partial charge is 0.238 e. The quantitative estimate of drug-likeness (QED) is 0.188. The van der Waals surface area contributed by atoms with Crippen molar-refractivity contribution in [3.63, 3.8) is 0 Å². The predicted octanol–water partition coefficient (Wildman–Crippen LogP) is 11.8. The van der Waals surface area contributed by atoms with E-state index in [1.807, 2.05) is 47.7 Å². The molecule has 7 aromatic carbocycles. The maximum absolute atomic E-state index is 5.29. The molecule has 0 radical (unpaired) electrons. The molecule has 236 valence electrons. The van der Waals surface area contributed by atoms with Gasteiger partial charge in [-0.25, -0.2) is 4.98 Å². The number of rotatable bonds is 3. The van der Waals surface area contributed by atoms with Crippen molar-refractivity contribution in [2.24, 2.45) is 0 Å². The average Bonchev–Trinajstić information content (AvgIpc) is 3.94. The summed E-state index contributed by atoms with van der Waals surface area (Å²) in [6.07, 6.45) is 0. The molecule has 12 rings (SSSR count). The number of thiophene rings is 1. The molecule has 0 saturated heterocycles. The zero-order valence-electron chi connectivity index (χ0n) is 27.1. The number of benzene rings is 7. The van der Waals surface area contributed by atoms with Crippen LogP contribution in [0.4, 0.5) is 0 Å². The van der Waals surface area contributed by atoms with Crippen molar-refractivity contribution >= 4 is 91.4 Å². The van der Waals surface area contributed by atoms with E-state index in [1.165, 1.54) is 69.0 Å². The molecule has 0 atom stereocenters. The molecule has 5 nitrogen and oxygen atoms in total. The first kappa shape index (κ1) is 27.2. The summed E-state index contributed by atoms with van der Waals surface area (Å²) in [4.78, 5) is 15.6. The number of para-hydroxylation sites is 3. The highest BCUT2D eigenvalue weighted by atomic mass is 32.1. The van der Waals surface area contributed by atoms with Crippen LogP contribution >= 0.6 is 11.3 Å². The minimum Gasteiger partial charge on any atom is -0.307 e. The van der Waals surface area contributed by atoms with Gasteiger partial charge < -0.3 is 4.40 Å². The normalized spacial score (nSPS) is 12.3. The van der Waals surface area contributed by atoms with Crippen molar-refractivity contribution in [1.29, 1.82) is 0 Å². The fourth-order valence-corrected chi connectivity index (χ4v) is 9.70. The van der Waals surface area contributed by atoms with Gasteiger partial charge in [-0.3, -0.25) is 4.57 Å². The molecule has 5 aromatic heterocycles. The summed E-state index contributed by atoms with van der Waals surface area (Å²) >= 11 is 1.88. The Balaban J connectivity index is 1.36. The van der Waals surface area contributed by atoms with E-state index >= 15 is 0 Å². The van der Waals surface area contributed by atoms with Gasteiger partial charge in [0.25, 0.3) is 0 Å². The summed E-state index contributed by atoms with van der Waals surface area (Å²) in [6.45, 7) is 0. The highest BCUT2D eigenvalue weighted by Crippen LogP contribution is 2.52. The second-order valence-corrected chi connectivity index (χ2v) is 14.2. The minimum absolute atomic E-state index is 0.600. The van der Waals surface area contributed by atoms with Gasteiger partial charge in [-0.15, -0.1) is 11.3 Å². The van der Waals surface area contributed by atoms with Gasteiger partial charge in [-0.2, -0.15) is 9.97 Å². The molecule has 0 aliphatic heterocycles. The molecule has 0 amide bonds. The Bertz CT molecular complexity index is 3300. The van der Waals surface area contributed by atoms with E-state index < -0.39 is 0 Å². The van der Waals surface area contributed by atoms with Crippen LogP contribution in [0.1, 0.15) is 0 Å². The van der Waals surface area contributed by atoms with E-state index in [-0.39, 0.29) is 0 Å². The summed E-state index contributed by atoms with van der Waals surface area (Å²) in [7, 11) is 0. The van der Waals surface area contributed by atoms with E-state index in [1.54, 1.807) is 0 Å². The fraction of sp³-hybridized carbons (Fsp3) is 0. The molecule has 0 aliphatic carbocycles. The van der Waals surface area contributed by atoms with Crippen molar-refractivity contribution in [2.45, 2.75) is 0 Å². The number of hydrogen-bond acceptors (Lipinski definition) is 4. The van der Waals surface area contributed by atoms with Crippen LogP contribution < -0.4 is 0 Å². The molecule has 0 N–H and O–H groups in total. The zero-order chi connectivity index (χ0) is 33.2. The van der Waals surface area contributed by atoms with Gasteiger partial charge in [0.1, 0.15) is 0 Å². The van der Waals surface area contributed by atoms with E-state index in [0.29, 0.717) is 17.6 Å². The van der Waals surface area contributed by atoms with Gasteiger partial charge >= 0.3 is 0 Å². The summed E-state index contributed by atoms with van der Waals surface area (Å²) in [6, 6.07) is 53.6. The van der Waals surface area contributed by atoms with Crippen molar-refractivity contribution in [2.75, 3.05) is 0 Å². The van der Waals surface area contributed by atoms with Gasteiger partial charge in [-0.1, -0.05) is 133 Å². The van der Waals surface area contributed by atoms with Crippen LogP contribution in [0.15, 0.2) is 152 Å². The Kier molecular flexibility index (Phi) is 5.32. The van der Waals surface area contributed by atoms with Crippen LogP contribution in [0.5, 0.6) is 0 Å². The Hall–Kier alpha value is -6.63. The first-order valence-electron chi connectivity index (χ1n) is 17.1. The zero-order valence-corrected chi connectivity index (χ0v) is 27.9. The van der Waals surface area contributed by atoms with Gasteiger partial charge in [0.15, 0.2) is 11.6 Å². The molecular formula is C45H25N5S. The molecular weight excluding hydrogens is 643 g/mol. The molecule has 51 heavy (non-hydrogen) atoms. The topological polar surface area (TPSA) is 48.0 Å². The SMILES string of the molecule is c1ccc(-c2nc(-c3ccccc3)nc(-n3c4ccccc4c4c3c3c5ccccc5sc3c3c5cccc6c7ccccc7n(c65)c34)n2)cc1. The van der Waals surface area contributed by atoms with Crippen LogP contribution in [0, 0.1) is 0 Å². The van der Waals surface area contributed by atoms with Crippen LogP contribution in [0.2, 0.25) is 0 Å². The summed E-state index contributed by atoms with van der Waals surface area (Å²) in [5.74, 6) is 1.88. The molecule has 6 heteroatoms. The van der Waals surface area contributed by atoms with E-state index in [4.69, 9.17) is 15.0 Å². The van der Waals surface area contributed by atoms with Crippen molar-refractivity contribution in [3.8, 4) is 28.7 Å². The lowest BCUT2D eigenvalue weighted by Crippen LogP contribution is -2.06. The molecule has 0 aliphatic rings. The van der Waals surface area contributed by atoms with Gasteiger partial charge in [0, 0.05) is 63.6 Å². The van der Waals surface area contributed by atoms with Crippen LogP contribution in [0.25, 0.3) is 109 Å². The van der Waals surface area contributed by atoms with Gasteiger partial charge in [-0.05, 0) is 18.2 Å². The first-order valence-corrected chi connectivity index (χ1v) is 18.0. The van der Waals surface area contributed by atoms with Crippen molar-refractivity contribution < 1.29 is 0 Å². The van der Waals surface area contributed by atoms with E-state index in [9.17, 15) is 0 Å². The maximum atomic E-state index is 5.29. The number of hydrogen-bond donors (Lipinski definition) is 0. The maximum Gasteiger partial charge on any atom is 0.238 e. The highest BCUT2D eigenvalue weighted by molar-refractivity contribution is 7.27. The van der Waals surface area contributed by atoms with E-state index in [2.05, 4.69) is 124 Å². The lowest BCUT2D eigenvalue weighted by atomic mass is 10.0. The Labute approximate surface area is 294 Å². The predicted molar refractivity (Wildman–Crippen MR) is 213 cm³/mol. The van der Waals surface area contributed by atoms with Gasteiger partial charge in [0.05, 0.1) is 27.6 Å². The second kappa shape index (κ2) is 9.97. The molecule has 12 aromatic rings. The number of nitrogens with zero attached hydrogens (tertiary/aromatic N) is 5. The summed E-state index contributed by atoms with van der Waals surface area (Å²) < 4.78 is 7.37. The van der Waals surface area contributed by atoms with E-state index in [0.717, 1.165) is 22.2 Å². The molecule has 0 unspecified atom stereocenters. The van der Waals surface area contributed by atoms with Crippen molar-refractivity contribution in [1.82, 2.24) is 23.9 Å². The monoisotopic (exact) mass is 667 g/mol. The molecule has 5 heterocycles. The summed E-state index contributed by atoms with van der Waals surface area (Å²) in [5, 5.41) is 9.99. The number of aromatic nitrogens is 5. The average molecular weight is 668 g/mol. The standard InChI is InChI=1S/C45H25N5S/c1-3-14-26(15-4-1)43-46-44(27-16-5-2-6-17-27)48-45(47-43)50-34-24-11-8-19-30(34)36-40-38(42-37(41(36)50)31-20-9-12-25-35(31)51-42)32-22-13-21-29-28-18-7-10-23-33(28)49(40)39(29)32/h1-25H. The lowest BCUT2D eigenvalue weighted by molar-refractivity contribution is 0.955. The minimum atomic E-state index is 0.600. The second-order valence-electron chi connectivity index (χ2n) is 13.2. The Morgan fingerprint density at radius 2 is 0.961 bits per heavy atom. The first-order chi connectivity index (χ1) is 25.3. The molecule has 0 saturated carbocycles. The summed E-state index contributed by atoms with van der Waals surface area (Å²) in [5.41, 5.74) is 7.79. The molecule has 0 fully saturated rings. The van der Waals surface area contributed by atoms with Crippen LogP contribution in [-0.4, -0.2) is 23.9 Å². The van der Waals surface area contributed by atoms with Gasteiger partial charge in [0.2, 0.25) is 5.95 Å². The van der Waals surface area contributed by atoms with Crippen molar-refractivity contribution in [3.05, 3.63) is 152 Å². The third-order valence-corrected chi connectivity index (χ3v) is 11.7. The lowest BCUT2D eigenvalue weighted by Gasteiger charge is -2.12. The molecule has 0 bridgehead atoms. The largest absolute Gasteiger partial charge is 0.307 e. The fourth-order valence-electron chi connectivity index (χ4n) is 8.44. The van der Waals surface area contributed by atoms with Crippen LogP contribution in [-0.2, 0) is 0 Å². The Morgan fingerprint density at radius 3 is 1.71 bits per heavy atom. The third kappa shape index (κ3) is 3.56. The number of fused-ring (bicyclic) bond motifs is 15. The van der Waals surface area contributed by atoms with Crippen LogP contribution in [0.3, 0.4) is 0 Å². The Morgan fingerprint density at radius 1 is 0.392 bits per heavy atom. The molecule has 0 spiro atoms. The third-order valence-electron chi connectivity index (χ3n) is 10.5. The highest BCUT2D eigenvalue weighted by Gasteiger charge is 2.28.